The van der Waals surface area contributed by atoms with Crippen LogP contribution in [-0.2, 0) is 5.75 Å². The largest absolute Gasteiger partial charge is 0.382 e. The molecular weight excluding hydrogens is 287 g/mol. The van der Waals surface area contributed by atoms with Crippen molar-refractivity contribution in [2.24, 2.45) is 0 Å². The van der Waals surface area contributed by atoms with Gasteiger partial charge in [0, 0.05) is 5.75 Å². The van der Waals surface area contributed by atoms with Gasteiger partial charge in [0.05, 0.1) is 10.0 Å². The first kappa shape index (κ1) is 13.5. The Morgan fingerprint density at radius 3 is 2.67 bits per heavy atom. The molecule has 0 aliphatic heterocycles. The van der Waals surface area contributed by atoms with Gasteiger partial charge in [-0.2, -0.15) is 0 Å². The molecule has 0 aliphatic carbocycles. The lowest BCUT2D eigenvalue weighted by Gasteiger charge is -2.07. The third-order valence-electron chi connectivity index (χ3n) is 2.55. The highest BCUT2D eigenvalue weighted by molar-refractivity contribution is 7.98. The van der Waals surface area contributed by atoms with Crippen LogP contribution in [0.25, 0.3) is 0 Å². The minimum Gasteiger partial charge on any atom is -0.382 e. The topological polar surface area (TPSA) is 38.9 Å². The van der Waals surface area contributed by atoms with Crippen molar-refractivity contribution in [1.82, 2.24) is 4.98 Å². The second-order valence-corrected chi connectivity index (χ2v) is 5.64. The van der Waals surface area contributed by atoms with Gasteiger partial charge < -0.3 is 5.73 Å². The number of hydrogen-bond donors (Lipinski definition) is 1. The van der Waals surface area contributed by atoms with Gasteiger partial charge >= 0.3 is 0 Å². The summed E-state index contributed by atoms with van der Waals surface area (Å²) in [7, 11) is 0. The van der Waals surface area contributed by atoms with Crippen LogP contribution in [0.15, 0.2) is 35.4 Å². The maximum absolute atomic E-state index is 6.08. The molecule has 2 rings (SSSR count). The van der Waals surface area contributed by atoms with E-state index in [0.717, 1.165) is 5.75 Å². The third-order valence-corrected chi connectivity index (χ3v) is 4.29. The minimum absolute atomic E-state index is 0.313. The molecule has 2 nitrogen and oxygen atoms in total. The van der Waals surface area contributed by atoms with Crippen molar-refractivity contribution >= 4 is 40.8 Å². The number of nitrogens with two attached hydrogens (primary N) is 1. The zero-order valence-electron chi connectivity index (χ0n) is 9.78. The van der Waals surface area contributed by atoms with E-state index in [1.165, 1.54) is 11.1 Å². The SMILES string of the molecule is Cc1ccccc1CSc1nc(N)c(Cl)cc1Cl. The summed E-state index contributed by atoms with van der Waals surface area (Å²) >= 11 is 13.5. The number of rotatable bonds is 3. The van der Waals surface area contributed by atoms with Crippen LogP contribution in [0.3, 0.4) is 0 Å². The Kier molecular flexibility index (Phi) is 4.38. The fraction of sp³-hybridized carbons (Fsp3) is 0.154. The van der Waals surface area contributed by atoms with E-state index in [0.29, 0.717) is 20.9 Å². The highest BCUT2D eigenvalue weighted by Gasteiger charge is 2.08. The number of pyridine rings is 1. The van der Waals surface area contributed by atoms with E-state index in [2.05, 4.69) is 24.0 Å². The Morgan fingerprint density at radius 1 is 1.22 bits per heavy atom. The molecule has 2 N–H and O–H groups in total. The average Bonchev–Trinajstić information content (AvgIpc) is 2.34. The average molecular weight is 299 g/mol. The normalized spacial score (nSPS) is 10.6. The lowest BCUT2D eigenvalue weighted by molar-refractivity contribution is 1.14. The lowest BCUT2D eigenvalue weighted by atomic mass is 10.1. The van der Waals surface area contributed by atoms with Gasteiger partial charge in [0.15, 0.2) is 0 Å². The van der Waals surface area contributed by atoms with Crippen molar-refractivity contribution in [1.29, 1.82) is 0 Å². The van der Waals surface area contributed by atoms with E-state index in [1.807, 2.05) is 12.1 Å². The summed E-state index contributed by atoms with van der Waals surface area (Å²) in [5.74, 6) is 1.12. The molecule has 0 bridgehead atoms. The van der Waals surface area contributed by atoms with E-state index in [1.54, 1.807) is 17.8 Å². The van der Waals surface area contributed by atoms with Crippen molar-refractivity contribution in [3.63, 3.8) is 0 Å². The van der Waals surface area contributed by atoms with Crippen LogP contribution in [0.1, 0.15) is 11.1 Å². The van der Waals surface area contributed by atoms with Gasteiger partial charge in [-0.25, -0.2) is 4.98 Å². The van der Waals surface area contributed by atoms with Crippen LogP contribution in [0.5, 0.6) is 0 Å². The van der Waals surface area contributed by atoms with E-state index in [-0.39, 0.29) is 0 Å². The fourth-order valence-electron chi connectivity index (χ4n) is 1.48. The smallest absolute Gasteiger partial charge is 0.143 e. The Bertz CT molecular complexity index is 573. The molecule has 0 amide bonds. The summed E-state index contributed by atoms with van der Waals surface area (Å²) in [6, 6.07) is 9.85. The molecule has 18 heavy (non-hydrogen) atoms. The Balaban J connectivity index is 2.16. The quantitative estimate of drug-likeness (QED) is 0.844. The molecule has 1 aromatic heterocycles. The van der Waals surface area contributed by atoms with Crippen molar-refractivity contribution < 1.29 is 0 Å². The highest BCUT2D eigenvalue weighted by atomic mass is 35.5. The van der Waals surface area contributed by atoms with Gasteiger partial charge in [0.1, 0.15) is 10.8 Å². The first-order chi connectivity index (χ1) is 8.58. The molecule has 5 heteroatoms. The lowest BCUT2D eigenvalue weighted by Crippen LogP contribution is -1.94. The first-order valence-electron chi connectivity index (χ1n) is 5.36. The zero-order chi connectivity index (χ0) is 13.1. The molecule has 0 aliphatic rings. The zero-order valence-corrected chi connectivity index (χ0v) is 12.1. The van der Waals surface area contributed by atoms with Crippen LogP contribution in [0.4, 0.5) is 5.82 Å². The second-order valence-electron chi connectivity index (χ2n) is 3.86. The van der Waals surface area contributed by atoms with Gasteiger partial charge in [-0.05, 0) is 24.1 Å². The first-order valence-corrected chi connectivity index (χ1v) is 7.11. The van der Waals surface area contributed by atoms with E-state index >= 15 is 0 Å². The van der Waals surface area contributed by atoms with Crippen LogP contribution in [0, 0.1) is 6.92 Å². The van der Waals surface area contributed by atoms with E-state index in [9.17, 15) is 0 Å². The molecular formula is C13H12Cl2N2S. The third kappa shape index (κ3) is 3.10. The molecule has 0 saturated heterocycles. The molecule has 0 fully saturated rings. The van der Waals surface area contributed by atoms with Crippen LogP contribution >= 0.6 is 35.0 Å². The number of nitrogen functional groups attached to an aromatic ring is 1. The summed E-state index contributed by atoms with van der Waals surface area (Å²) in [5.41, 5.74) is 8.18. The number of thioether (sulfide) groups is 1. The Labute approximate surface area is 121 Å². The van der Waals surface area contributed by atoms with Crippen molar-refractivity contribution in [2.45, 2.75) is 17.7 Å². The second kappa shape index (κ2) is 5.83. The van der Waals surface area contributed by atoms with Gasteiger partial charge in [-0.15, -0.1) is 11.8 Å². The highest BCUT2D eigenvalue weighted by Crippen LogP contribution is 2.32. The predicted molar refractivity (Wildman–Crippen MR) is 79.4 cm³/mol. The van der Waals surface area contributed by atoms with Gasteiger partial charge in [-0.1, -0.05) is 47.5 Å². The molecule has 0 saturated carbocycles. The molecule has 94 valence electrons. The van der Waals surface area contributed by atoms with Crippen molar-refractivity contribution in [3.05, 3.63) is 51.5 Å². The monoisotopic (exact) mass is 298 g/mol. The number of hydrogen-bond acceptors (Lipinski definition) is 3. The number of anilines is 1. The van der Waals surface area contributed by atoms with E-state index in [4.69, 9.17) is 28.9 Å². The molecule has 2 aromatic rings. The van der Waals surface area contributed by atoms with Crippen molar-refractivity contribution in [2.75, 3.05) is 5.73 Å². The van der Waals surface area contributed by atoms with E-state index < -0.39 is 0 Å². The van der Waals surface area contributed by atoms with Crippen LogP contribution < -0.4 is 5.73 Å². The summed E-state index contributed by atoms with van der Waals surface area (Å²) < 4.78 is 0. The molecule has 1 aromatic carbocycles. The maximum Gasteiger partial charge on any atom is 0.143 e. The summed E-state index contributed by atoms with van der Waals surface area (Å²) in [4.78, 5) is 4.19. The van der Waals surface area contributed by atoms with Crippen LogP contribution in [0.2, 0.25) is 10.0 Å². The summed E-state index contributed by atoms with van der Waals surface area (Å²) in [6.45, 7) is 2.08. The standard InChI is InChI=1S/C13H12Cl2N2S/c1-8-4-2-3-5-9(8)7-18-13-11(15)6-10(14)12(16)17-13/h2-6H,7H2,1H3,(H2,16,17). The number of benzene rings is 1. The van der Waals surface area contributed by atoms with Gasteiger partial charge in [0.2, 0.25) is 0 Å². The Morgan fingerprint density at radius 2 is 1.94 bits per heavy atom. The van der Waals surface area contributed by atoms with Crippen molar-refractivity contribution in [3.8, 4) is 0 Å². The van der Waals surface area contributed by atoms with Gasteiger partial charge in [-0.3, -0.25) is 0 Å². The number of aryl methyl sites for hydroxylation is 1. The van der Waals surface area contributed by atoms with Gasteiger partial charge in [0.25, 0.3) is 0 Å². The molecule has 0 radical (unpaired) electrons. The number of aromatic nitrogens is 1. The Hall–Kier alpha value is -0.900. The molecule has 0 spiro atoms. The number of nitrogens with zero attached hydrogens (tertiary/aromatic N) is 1. The minimum atomic E-state index is 0.313. The maximum atomic E-state index is 6.08. The fourth-order valence-corrected chi connectivity index (χ4v) is 2.98. The summed E-state index contributed by atoms with van der Waals surface area (Å²) in [5, 5.41) is 1.63. The predicted octanol–water partition coefficient (Wildman–Crippen LogP) is 4.57. The molecule has 0 atom stereocenters. The molecule has 1 heterocycles. The summed E-state index contributed by atoms with van der Waals surface area (Å²) in [6.07, 6.45) is 0. The van der Waals surface area contributed by atoms with Crippen LogP contribution in [-0.4, -0.2) is 4.98 Å². The molecule has 0 unspecified atom stereocenters. The number of halogens is 2.